The minimum Gasteiger partial charge on any atom is -0.361 e. The van der Waals surface area contributed by atoms with Gasteiger partial charge in [-0.05, 0) is 19.4 Å². The van der Waals surface area contributed by atoms with Gasteiger partial charge in [-0.15, -0.1) is 0 Å². The van der Waals surface area contributed by atoms with Crippen LogP contribution >= 0.6 is 0 Å². The van der Waals surface area contributed by atoms with Gasteiger partial charge in [-0.3, -0.25) is 9.69 Å². The molecule has 0 aliphatic carbocycles. The number of nitrogens with zero attached hydrogens (tertiary/aromatic N) is 3. The summed E-state index contributed by atoms with van der Waals surface area (Å²) in [5.41, 5.74) is 9.12. The molecule has 6 nitrogen and oxygen atoms in total. The van der Waals surface area contributed by atoms with Crippen molar-refractivity contribution in [1.82, 2.24) is 15.0 Å². The predicted molar refractivity (Wildman–Crippen MR) is 91.2 cm³/mol. The molecular formula is C18H24N4O2. The van der Waals surface area contributed by atoms with Crippen LogP contribution in [-0.4, -0.2) is 47.0 Å². The Morgan fingerprint density at radius 1 is 1.21 bits per heavy atom. The number of benzene rings is 1. The van der Waals surface area contributed by atoms with Gasteiger partial charge in [0.2, 0.25) is 5.91 Å². The fourth-order valence-electron chi connectivity index (χ4n) is 2.96. The molecule has 1 aromatic carbocycles. The Hall–Kier alpha value is -2.18. The number of hydrogen-bond donors (Lipinski definition) is 1. The Balaban J connectivity index is 1.53. The zero-order valence-electron chi connectivity index (χ0n) is 14.2. The van der Waals surface area contributed by atoms with Crippen LogP contribution in [0.4, 0.5) is 0 Å². The van der Waals surface area contributed by atoms with Crippen molar-refractivity contribution < 1.29 is 9.32 Å². The fourth-order valence-corrected chi connectivity index (χ4v) is 2.96. The highest BCUT2D eigenvalue weighted by Crippen LogP contribution is 2.16. The second-order valence-corrected chi connectivity index (χ2v) is 6.42. The Labute approximate surface area is 142 Å². The van der Waals surface area contributed by atoms with Crippen LogP contribution in [-0.2, 0) is 11.3 Å². The number of carbonyl (C=O) groups is 1. The SMILES string of the molecule is Cc1ccc(C(N)C(=O)N2CCN(Cc3cc(C)on3)CC2)cc1. The standard InChI is InChI=1S/C18H24N4O2/c1-13-3-5-15(6-4-13)17(19)18(23)22-9-7-21(8-10-22)12-16-11-14(2)24-20-16/h3-6,11,17H,7-10,12,19H2,1-2H3. The monoisotopic (exact) mass is 328 g/mol. The number of aromatic nitrogens is 1. The molecule has 2 N–H and O–H groups in total. The molecule has 128 valence electrons. The van der Waals surface area contributed by atoms with Crippen molar-refractivity contribution in [2.24, 2.45) is 5.73 Å². The van der Waals surface area contributed by atoms with E-state index in [1.54, 1.807) is 0 Å². The van der Waals surface area contributed by atoms with Gasteiger partial charge in [0, 0.05) is 38.8 Å². The molecule has 3 rings (SSSR count). The van der Waals surface area contributed by atoms with E-state index < -0.39 is 6.04 Å². The van der Waals surface area contributed by atoms with Crippen LogP contribution in [0, 0.1) is 13.8 Å². The molecule has 1 atom stereocenters. The number of nitrogens with two attached hydrogens (primary N) is 1. The predicted octanol–water partition coefficient (Wildman–Crippen LogP) is 1.64. The topological polar surface area (TPSA) is 75.6 Å². The number of aryl methyl sites for hydroxylation is 2. The minimum atomic E-state index is -0.588. The first-order valence-electron chi connectivity index (χ1n) is 8.28. The lowest BCUT2D eigenvalue weighted by atomic mass is 10.0. The van der Waals surface area contributed by atoms with Crippen LogP contribution in [0.5, 0.6) is 0 Å². The number of hydrogen-bond acceptors (Lipinski definition) is 5. The summed E-state index contributed by atoms with van der Waals surface area (Å²) in [6.07, 6.45) is 0. The van der Waals surface area contributed by atoms with Crippen LogP contribution in [0.25, 0.3) is 0 Å². The quantitative estimate of drug-likeness (QED) is 0.923. The molecule has 1 saturated heterocycles. The Morgan fingerprint density at radius 3 is 2.46 bits per heavy atom. The second-order valence-electron chi connectivity index (χ2n) is 6.42. The van der Waals surface area contributed by atoms with Gasteiger partial charge in [-0.1, -0.05) is 35.0 Å². The van der Waals surface area contributed by atoms with Crippen LogP contribution in [0.15, 0.2) is 34.9 Å². The number of carbonyl (C=O) groups excluding carboxylic acids is 1. The molecule has 1 unspecified atom stereocenters. The van der Waals surface area contributed by atoms with Gasteiger partial charge in [0.1, 0.15) is 11.8 Å². The van der Waals surface area contributed by atoms with E-state index in [9.17, 15) is 4.79 Å². The lowest BCUT2D eigenvalue weighted by molar-refractivity contribution is -0.134. The van der Waals surface area contributed by atoms with Gasteiger partial charge in [-0.2, -0.15) is 0 Å². The summed E-state index contributed by atoms with van der Waals surface area (Å²) in [6.45, 7) is 7.68. The normalized spacial score (nSPS) is 17.0. The largest absolute Gasteiger partial charge is 0.361 e. The Kier molecular flexibility index (Phi) is 4.97. The summed E-state index contributed by atoms with van der Waals surface area (Å²) in [5, 5.41) is 4.02. The third-order valence-corrected chi connectivity index (χ3v) is 4.45. The molecule has 0 bridgehead atoms. The van der Waals surface area contributed by atoms with Crippen molar-refractivity contribution in [1.29, 1.82) is 0 Å². The van der Waals surface area contributed by atoms with E-state index >= 15 is 0 Å². The molecule has 0 saturated carbocycles. The molecule has 1 fully saturated rings. The third kappa shape index (κ3) is 3.83. The van der Waals surface area contributed by atoms with E-state index in [1.165, 1.54) is 0 Å². The Morgan fingerprint density at radius 2 is 1.88 bits per heavy atom. The number of piperazine rings is 1. The molecule has 1 amide bonds. The third-order valence-electron chi connectivity index (χ3n) is 4.45. The molecule has 0 spiro atoms. The van der Waals surface area contributed by atoms with E-state index in [1.807, 2.05) is 49.1 Å². The average Bonchev–Trinajstić information content (AvgIpc) is 3.00. The summed E-state index contributed by atoms with van der Waals surface area (Å²) < 4.78 is 5.10. The van der Waals surface area contributed by atoms with Gasteiger partial charge < -0.3 is 15.2 Å². The molecular weight excluding hydrogens is 304 g/mol. The van der Waals surface area contributed by atoms with Gasteiger partial charge >= 0.3 is 0 Å². The average molecular weight is 328 g/mol. The minimum absolute atomic E-state index is 0.00390. The molecule has 2 aromatic rings. The zero-order chi connectivity index (χ0) is 17.1. The maximum absolute atomic E-state index is 12.6. The first-order chi connectivity index (χ1) is 11.5. The van der Waals surface area contributed by atoms with E-state index in [4.69, 9.17) is 10.3 Å². The highest BCUT2D eigenvalue weighted by molar-refractivity contribution is 5.83. The molecule has 6 heteroatoms. The van der Waals surface area contributed by atoms with E-state index in [0.29, 0.717) is 13.1 Å². The molecule has 1 aliphatic rings. The van der Waals surface area contributed by atoms with E-state index in [2.05, 4.69) is 10.1 Å². The highest BCUT2D eigenvalue weighted by atomic mass is 16.5. The fraction of sp³-hybridized carbons (Fsp3) is 0.444. The summed E-state index contributed by atoms with van der Waals surface area (Å²) in [5.74, 6) is 0.818. The molecule has 1 aromatic heterocycles. The van der Waals surface area contributed by atoms with Crippen LogP contribution in [0.2, 0.25) is 0 Å². The lowest BCUT2D eigenvalue weighted by Crippen LogP contribution is -2.50. The summed E-state index contributed by atoms with van der Waals surface area (Å²) >= 11 is 0. The first-order valence-corrected chi connectivity index (χ1v) is 8.28. The number of amides is 1. The summed E-state index contributed by atoms with van der Waals surface area (Å²) in [7, 11) is 0. The molecule has 2 heterocycles. The smallest absolute Gasteiger partial charge is 0.244 e. The molecule has 1 aliphatic heterocycles. The lowest BCUT2D eigenvalue weighted by Gasteiger charge is -2.35. The Bertz CT molecular complexity index is 687. The molecule has 0 radical (unpaired) electrons. The van der Waals surface area contributed by atoms with Gasteiger partial charge in [0.05, 0.1) is 5.69 Å². The maximum atomic E-state index is 12.6. The van der Waals surface area contributed by atoms with Gasteiger partial charge in [0.15, 0.2) is 0 Å². The van der Waals surface area contributed by atoms with Crippen LogP contribution in [0.3, 0.4) is 0 Å². The van der Waals surface area contributed by atoms with Gasteiger partial charge in [-0.25, -0.2) is 0 Å². The maximum Gasteiger partial charge on any atom is 0.244 e. The summed E-state index contributed by atoms with van der Waals surface area (Å²) in [4.78, 5) is 16.7. The highest BCUT2D eigenvalue weighted by Gasteiger charge is 2.26. The van der Waals surface area contributed by atoms with Crippen molar-refractivity contribution >= 4 is 5.91 Å². The van der Waals surface area contributed by atoms with E-state index in [-0.39, 0.29) is 5.91 Å². The zero-order valence-corrected chi connectivity index (χ0v) is 14.2. The van der Waals surface area contributed by atoms with Crippen LogP contribution < -0.4 is 5.73 Å². The second kappa shape index (κ2) is 7.15. The van der Waals surface area contributed by atoms with Crippen molar-refractivity contribution in [3.8, 4) is 0 Å². The van der Waals surface area contributed by atoms with Gasteiger partial charge in [0.25, 0.3) is 0 Å². The van der Waals surface area contributed by atoms with E-state index in [0.717, 1.165) is 42.2 Å². The van der Waals surface area contributed by atoms with Crippen LogP contribution in [0.1, 0.15) is 28.6 Å². The first kappa shape index (κ1) is 16.7. The van der Waals surface area contributed by atoms with Crippen molar-refractivity contribution in [2.45, 2.75) is 26.4 Å². The van der Waals surface area contributed by atoms with Crippen molar-refractivity contribution in [3.05, 3.63) is 52.9 Å². The van der Waals surface area contributed by atoms with Crippen molar-refractivity contribution in [3.63, 3.8) is 0 Å². The molecule has 24 heavy (non-hydrogen) atoms. The summed E-state index contributed by atoms with van der Waals surface area (Å²) in [6, 6.07) is 9.20. The van der Waals surface area contributed by atoms with Crippen molar-refractivity contribution in [2.75, 3.05) is 26.2 Å². The number of rotatable bonds is 4.